The molecule has 0 saturated carbocycles. The van der Waals surface area contributed by atoms with Crippen LogP contribution in [0.4, 0.5) is 5.69 Å². The molecule has 0 aliphatic heterocycles. The third-order valence-corrected chi connectivity index (χ3v) is 2.34. The fourth-order valence-electron chi connectivity index (χ4n) is 1.72. The molecule has 1 aromatic heterocycles. The number of aromatic amines is 1. The van der Waals surface area contributed by atoms with Crippen molar-refractivity contribution in [1.29, 1.82) is 0 Å². The fraction of sp³-hybridized carbons (Fsp3) is 0.154. The van der Waals surface area contributed by atoms with Gasteiger partial charge >= 0.3 is 0 Å². The Bertz CT molecular complexity index is 611. The highest BCUT2D eigenvalue weighted by molar-refractivity contribution is 5.85. The first-order valence-corrected chi connectivity index (χ1v) is 5.12. The van der Waals surface area contributed by atoms with Gasteiger partial charge in [-0.1, -0.05) is 12.6 Å². The molecule has 0 spiro atoms. The van der Waals surface area contributed by atoms with Crippen LogP contribution in [0, 0.1) is 6.92 Å². The van der Waals surface area contributed by atoms with Gasteiger partial charge in [0.25, 0.3) is 5.56 Å². The van der Waals surface area contributed by atoms with E-state index in [1.807, 2.05) is 38.1 Å². The second kappa shape index (κ2) is 3.85. The maximum Gasteiger partial charge on any atom is 0.256 e. The Kier molecular flexibility index (Phi) is 2.52. The normalized spacial score (nSPS) is 10.4. The van der Waals surface area contributed by atoms with E-state index in [0.29, 0.717) is 5.39 Å². The van der Waals surface area contributed by atoms with Gasteiger partial charge in [0.1, 0.15) is 0 Å². The molecule has 0 aliphatic rings. The SMILES string of the molecule is C=C(C)Nc1ccc2cc(C)[nH]c(=O)c2c1. The van der Waals surface area contributed by atoms with Crippen LogP contribution < -0.4 is 10.9 Å². The van der Waals surface area contributed by atoms with Crippen molar-refractivity contribution in [2.75, 3.05) is 5.32 Å². The van der Waals surface area contributed by atoms with Crippen LogP contribution >= 0.6 is 0 Å². The molecule has 2 N–H and O–H groups in total. The van der Waals surface area contributed by atoms with Crippen molar-refractivity contribution >= 4 is 16.5 Å². The Hall–Kier alpha value is -2.03. The molecule has 1 aromatic carbocycles. The van der Waals surface area contributed by atoms with Gasteiger partial charge in [-0.05, 0) is 37.4 Å². The first-order valence-electron chi connectivity index (χ1n) is 5.12. The number of nitrogens with one attached hydrogen (secondary N) is 2. The molecule has 3 heteroatoms. The van der Waals surface area contributed by atoms with Crippen LogP contribution in [0.15, 0.2) is 41.3 Å². The number of fused-ring (bicyclic) bond motifs is 1. The first-order chi connectivity index (χ1) is 7.56. The van der Waals surface area contributed by atoms with Crippen molar-refractivity contribution in [3.8, 4) is 0 Å². The number of allylic oxidation sites excluding steroid dienone is 1. The number of aryl methyl sites for hydroxylation is 1. The molecule has 2 aromatic rings. The standard InChI is InChI=1S/C13H14N2O/c1-8(2)14-11-5-4-10-6-9(3)15-13(16)12(10)7-11/h4-7,14H,1H2,2-3H3,(H,15,16). The molecule has 0 fully saturated rings. The summed E-state index contributed by atoms with van der Waals surface area (Å²) in [5.41, 5.74) is 2.55. The van der Waals surface area contributed by atoms with Gasteiger partial charge in [-0.2, -0.15) is 0 Å². The molecule has 1 heterocycles. The summed E-state index contributed by atoms with van der Waals surface area (Å²) in [4.78, 5) is 14.5. The van der Waals surface area contributed by atoms with Crippen molar-refractivity contribution in [3.05, 3.63) is 52.6 Å². The smallest absolute Gasteiger partial charge is 0.256 e. The van der Waals surface area contributed by atoms with Gasteiger partial charge in [0.15, 0.2) is 0 Å². The van der Waals surface area contributed by atoms with Gasteiger partial charge in [-0.25, -0.2) is 0 Å². The van der Waals surface area contributed by atoms with E-state index in [1.165, 1.54) is 0 Å². The van der Waals surface area contributed by atoms with E-state index >= 15 is 0 Å². The Morgan fingerprint density at radius 2 is 2.12 bits per heavy atom. The summed E-state index contributed by atoms with van der Waals surface area (Å²) in [6.07, 6.45) is 0. The third-order valence-electron chi connectivity index (χ3n) is 2.34. The topological polar surface area (TPSA) is 44.9 Å². The minimum atomic E-state index is -0.0552. The van der Waals surface area contributed by atoms with Crippen molar-refractivity contribution in [3.63, 3.8) is 0 Å². The molecule has 0 bridgehead atoms. The summed E-state index contributed by atoms with van der Waals surface area (Å²) < 4.78 is 0. The van der Waals surface area contributed by atoms with E-state index in [2.05, 4.69) is 16.9 Å². The number of aromatic nitrogens is 1. The number of H-pyrrole nitrogens is 1. The van der Waals surface area contributed by atoms with Crippen molar-refractivity contribution in [2.24, 2.45) is 0 Å². The minimum absolute atomic E-state index is 0.0552. The number of pyridine rings is 1. The van der Waals surface area contributed by atoms with E-state index in [1.54, 1.807) is 0 Å². The highest BCUT2D eigenvalue weighted by Crippen LogP contribution is 2.17. The summed E-state index contributed by atoms with van der Waals surface area (Å²) in [5, 5.41) is 4.74. The highest BCUT2D eigenvalue weighted by Gasteiger charge is 2.01. The zero-order valence-electron chi connectivity index (χ0n) is 9.42. The summed E-state index contributed by atoms with van der Waals surface area (Å²) in [5.74, 6) is 0. The fourth-order valence-corrected chi connectivity index (χ4v) is 1.72. The van der Waals surface area contributed by atoms with Gasteiger partial charge in [0.2, 0.25) is 0 Å². The number of rotatable bonds is 2. The maximum absolute atomic E-state index is 11.7. The van der Waals surface area contributed by atoms with Crippen molar-refractivity contribution in [2.45, 2.75) is 13.8 Å². The summed E-state index contributed by atoms with van der Waals surface area (Å²) in [6.45, 7) is 7.52. The molecular formula is C13H14N2O. The van der Waals surface area contributed by atoms with Crippen LogP contribution in [0.3, 0.4) is 0 Å². The van der Waals surface area contributed by atoms with E-state index < -0.39 is 0 Å². The lowest BCUT2D eigenvalue weighted by Crippen LogP contribution is -2.07. The molecule has 0 unspecified atom stereocenters. The molecule has 2 rings (SSSR count). The van der Waals surface area contributed by atoms with Gasteiger partial charge in [-0.15, -0.1) is 0 Å². The number of benzene rings is 1. The largest absolute Gasteiger partial charge is 0.360 e. The van der Waals surface area contributed by atoms with E-state index in [-0.39, 0.29) is 5.56 Å². The third kappa shape index (κ3) is 1.98. The van der Waals surface area contributed by atoms with Gasteiger partial charge in [0.05, 0.1) is 0 Å². The molecule has 82 valence electrons. The van der Waals surface area contributed by atoms with Crippen LogP contribution in [-0.2, 0) is 0 Å². The monoisotopic (exact) mass is 214 g/mol. The van der Waals surface area contributed by atoms with Crippen LogP contribution in [0.2, 0.25) is 0 Å². The number of hydrogen-bond donors (Lipinski definition) is 2. The van der Waals surface area contributed by atoms with Crippen molar-refractivity contribution in [1.82, 2.24) is 4.98 Å². The lowest BCUT2D eigenvalue weighted by molar-refractivity contribution is 1.17. The van der Waals surface area contributed by atoms with Crippen LogP contribution in [0.5, 0.6) is 0 Å². The maximum atomic E-state index is 11.7. The highest BCUT2D eigenvalue weighted by atomic mass is 16.1. The molecule has 0 radical (unpaired) electrons. The Morgan fingerprint density at radius 3 is 2.81 bits per heavy atom. The van der Waals surface area contributed by atoms with Gasteiger partial charge < -0.3 is 10.3 Å². The Labute approximate surface area is 93.8 Å². The Morgan fingerprint density at radius 1 is 1.38 bits per heavy atom. The quantitative estimate of drug-likeness (QED) is 0.807. The van der Waals surface area contributed by atoms with Crippen LogP contribution in [0.1, 0.15) is 12.6 Å². The van der Waals surface area contributed by atoms with E-state index in [4.69, 9.17) is 0 Å². The van der Waals surface area contributed by atoms with E-state index in [9.17, 15) is 4.79 Å². The second-order valence-corrected chi connectivity index (χ2v) is 3.99. The lowest BCUT2D eigenvalue weighted by atomic mass is 10.1. The number of anilines is 1. The van der Waals surface area contributed by atoms with Gasteiger partial charge in [0, 0.05) is 22.5 Å². The van der Waals surface area contributed by atoms with Crippen molar-refractivity contribution < 1.29 is 0 Å². The summed E-state index contributed by atoms with van der Waals surface area (Å²) in [6, 6.07) is 7.67. The predicted molar refractivity (Wildman–Crippen MR) is 67.7 cm³/mol. The number of hydrogen-bond acceptors (Lipinski definition) is 2. The minimum Gasteiger partial charge on any atom is -0.360 e. The average molecular weight is 214 g/mol. The molecule has 0 amide bonds. The zero-order valence-corrected chi connectivity index (χ0v) is 9.42. The van der Waals surface area contributed by atoms with Crippen LogP contribution in [-0.4, -0.2) is 4.98 Å². The average Bonchev–Trinajstić information content (AvgIpc) is 2.18. The predicted octanol–water partition coefficient (Wildman–Crippen LogP) is 2.78. The zero-order chi connectivity index (χ0) is 11.7. The second-order valence-electron chi connectivity index (χ2n) is 3.99. The molecule has 16 heavy (non-hydrogen) atoms. The van der Waals surface area contributed by atoms with Gasteiger partial charge in [-0.3, -0.25) is 4.79 Å². The Balaban J connectivity index is 2.62. The molecular weight excluding hydrogens is 200 g/mol. The van der Waals surface area contributed by atoms with E-state index in [0.717, 1.165) is 22.5 Å². The molecule has 0 atom stereocenters. The van der Waals surface area contributed by atoms with Crippen LogP contribution in [0.25, 0.3) is 10.8 Å². The summed E-state index contributed by atoms with van der Waals surface area (Å²) >= 11 is 0. The molecule has 0 aliphatic carbocycles. The molecule has 0 saturated heterocycles. The molecule has 3 nitrogen and oxygen atoms in total. The lowest BCUT2D eigenvalue weighted by Gasteiger charge is -2.06. The summed E-state index contributed by atoms with van der Waals surface area (Å²) in [7, 11) is 0. The first kappa shape index (κ1) is 10.5.